The molecule has 4 nitrogen and oxygen atoms in total. The number of aldehydes is 1. The molecule has 0 amide bonds. The summed E-state index contributed by atoms with van der Waals surface area (Å²) >= 11 is 0. The molecule has 2 aliphatic carbocycles. The first-order chi connectivity index (χ1) is 14.9. The van der Waals surface area contributed by atoms with Crippen molar-refractivity contribution in [3.8, 4) is 0 Å². The fraction of sp³-hybridized carbons (Fsp3) is 0.963. The van der Waals surface area contributed by atoms with E-state index >= 15 is 0 Å². The summed E-state index contributed by atoms with van der Waals surface area (Å²) in [6.45, 7) is 18.1. The predicted octanol–water partition coefficient (Wildman–Crippen LogP) is 7.45. The minimum atomic E-state index is -1.90. The number of hydrogen-bond donors (Lipinski definition) is 1. The maximum atomic E-state index is 12.3. The lowest BCUT2D eigenvalue weighted by Crippen LogP contribution is -2.62. The molecule has 0 bridgehead atoms. The van der Waals surface area contributed by atoms with Gasteiger partial charge in [0.25, 0.3) is 0 Å². The van der Waals surface area contributed by atoms with Gasteiger partial charge in [-0.3, -0.25) is 4.58 Å². The SMILES string of the molecule is CC[Si](CC)(CC)OOC(C)(CCC=O)CC[C@@]1(O)[C@H](C)CC[C@H]2C(C)(C)CCC[C@@]21C. The van der Waals surface area contributed by atoms with Crippen LogP contribution in [0.25, 0.3) is 0 Å². The minimum absolute atomic E-state index is 0.0758. The van der Waals surface area contributed by atoms with Crippen molar-refractivity contribution in [2.45, 2.75) is 143 Å². The highest BCUT2D eigenvalue weighted by molar-refractivity contribution is 6.73. The van der Waals surface area contributed by atoms with Gasteiger partial charge in [0, 0.05) is 6.42 Å². The molecular formula is C27H52O4Si. The highest BCUT2D eigenvalue weighted by atomic mass is 28.4. The van der Waals surface area contributed by atoms with Gasteiger partial charge in [0.2, 0.25) is 8.32 Å². The second-order valence-electron chi connectivity index (χ2n) is 12.3. The number of aliphatic hydroxyl groups is 1. The van der Waals surface area contributed by atoms with Crippen molar-refractivity contribution >= 4 is 14.6 Å². The van der Waals surface area contributed by atoms with Crippen molar-refractivity contribution in [2.24, 2.45) is 22.7 Å². The van der Waals surface area contributed by atoms with Gasteiger partial charge in [-0.1, -0.05) is 54.9 Å². The lowest BCUT2D eigenvalue weighted by molar-refractivity contribution is -0.307. The minimum Gasteiger partial charge on any atom is -0.389 e. The number of fused-ring (bicyclic) bond motifs is 1. The van der Waals surface area contributed by atoms with Crippen molar-refractivity contribution in [3.05, 3.63) is 0 Å². The molecule has 0 aromatic heterocycles. The molecule has 5 heteroatoms. The van der Waals surface area contributed by atoms with Gasteiger partial charge in [-0.25, -0.2) is 4.89 Å². The molecule has 0 heterocycles. The van der Waals surface area contributed by atoms with Crippen LogP contribution in [-0.4, -0.2) is 30.9 Å². The molecule has 188 valence electrons. The van der Waals surface area contributed by atoms with Crippen LogP contribution in [0.3, 0.4) is 0 Å². The Morgan fingerprint density at radius 2 is 1.69 bits per heavy atom. The first kappa shape index (κ1) is 28.0. The maximum absolute atomic E-state index is 12.3. The van der Waals surface area contributed by atoms with E-state index in [1.165, 1.54) is 19.3 Å². The van der Waals surface area contributed by atoms with Gasteiger partial charge in [-0.2, -0.15) is 0 Å². The molecule has 1 unspecified atom stereocenters. The Labute approximate surface area is 199 Å². The number of carbonyl (C=O) groups is 1. The van der Waals surface area contributed by atoms with E-state index in [4.69, 9.17) is 9.46 Å². The summed E-state index contributed by atoms with van der Waals surface area (Å²) in [6, 6.07) is 3.08. The smallest absolute Gasteiger partial charge is 0.238 e. The summed E-state index contributed by atoms with van der Waals surface area (Å²) in [7, 11) is -1.90. The van der Waals surface area contributed by atoms with Crippen molar-refractivity contribution in [1.29, 1.82) is 0 Å². The Balaban J connectivity index is 2.25. The third-order valence-corrected chi connectivity index (χ3v) is 14.4. The maximum Gasteiger partial charge on any atom is 0.238 e. The molecule has 2 fully saturated rings. The lowest BCUT2D eigenvalue weighted by Gasteiger charge is -2.63. The third-order valence-electron chi connectivity index (χ3n) is 10.1. The molecule has 2 aliphatic rings. The molecule has 1 N–H and O–H groups in total. The molecular weight excluding hydrogens is 416 g/mol. The van der Waals surface area contributed by atoms with Crippen LogP contribution >= 0.6 is 0 Å². The Morgan fingerprint density at radius 3 is 2.25 bits per heavy atom. The van der Waals surface area contributed by atoms with E-state index in [0.717, 1.165) is 37.3 Å². The standard InChI is InChI=1S/C27H52O4Si/c1-9-32(10-2,11-3)31-30-25(7,17-13-21-28)19-20-27(29)22(4)14-15-23-24(5,6)16-12-18-26(23,27)8/h21-23,29H,9-20H2,1-8H3/t22-,23+,25?,26+,27-/m1/s1. The zero-order valence-electron chi connectivity index (χ0n) is 22.4. The van der Waals surface area contributed by atoms with Gasteiger partial charge < -0.3 is 9.90 Å². The second-order valence-corrected chi connectivity index (χ2v) is 16.9. The molecule has 0 aliphatic heterocycles. The molecule has 0 radical (unpaired) electrons. The Bertz CT molecular complexity index is 611. The van der Waals surface area contributed by atoms with Crippen molar-refractivity contribution in [1.82, 2.24) is 0 Å². The Morgan fingerprint density at radius 1 is 1.06 bits per heavy atom. The van der Waals surface area contributed by atoms with Gasteiger partial charge in [-0.15, -0.1) is 0 Å². The third kappa shape index (κ3) is 5.36. The zero-order chi connectivity index (χ0) is 24.3. The zero-order valence-corrected chi connectivity index (χ0v) is 23.4. The van der Waals surface area contributed by atoms with Gasteiger partial charge >= 0.3 is 0 Å². The average Bonchev–Trinajstić information content (AvgIpc) is 2.76. The van der Waals surface area contributed by atoms with E-state index < -0.39 is 19.5 Å². The monoisotopic (exact) mass is 468 g/mol. The molecule has 0 aromatic carbocycles. The van der Waals surface area contributed by atoms with Crippen molar-refractivity contribution in [3.63, 3.8) is 0 Å². The average molecular weight is 469 g/mol. The van der Waals surface area contributed by atoms with Crippen LogP contribution in [0.2, 0.25) is 18.1 Å². The molecule has 32 heavy (non-hydrogen) atoms. The fourth-order valence-electron chi connectivity index (χ4n) is 7.24. The lowest BCUT2D eigenvalue weighted by atomic mass is 9.44. The van der Waals surface area contributed by atoms with E-state index in [9.17, 15) is 9.90 Å². The molecule has 5 atom stereocenters. The molecule has 0 aromatic rings. The Kier molecular flexibility index (Phi) is 9.26. The fourth-order valence-corrected chi connectivity index (χ4v) is 9.47. The summed E-state index contributed by atoms with van der Waals surface area (Å²) in [5, 5.41) is 12.3. The quantitative estimate of drug-likeness (QED) is 0.140. The van der Waals surface area contributed by atoms with E-state index in [0.29, 0.717) is 31.6 Å². The second kappa shape index (κ2) is 10.6. The predicted molar refractivity (Wildman–Crippen MR) is 135 cm³/mol. The van der Waals surface area contributed by atoms with Gasteiger partial charge in [0.1, 0.15) is 6.29 Å². The summed E-state index contributed by atoms with van der Waals surface area (Å²) in [4.78, 5) is 17.5. The summed E-state index contributed by atoms with van der Waals surface area (Å²) in [5.41, 5.74) is -1.07. The van der Waals surface area contributed by atoms with Crippen LogP contribution in [0.5, 0.6) is 0 Å². The van der Waals surface area contributed by atoms with Crippen LogP contribution in [0, 0.1) is 22.7 Å². The van der Waals surface area contributed by atoms with Crippen LogP contribution in [0.4, 0.5) is 0 Å². The van der Waals surface area contributed by atoms with Gasteiger partial charge in [-0.05, 0) is 92.7 Å². The highest BCUT2D eigenvalue weighted by Crippen LogP contribution is 2.63. The van der Waals surface area contributed by atoms with E-state index in [-0.39, 0.29) is 16.7 Å². The highest BCUT2D eigenvalue weighted by Gasteiger charge is 2.61. The summed E-state index contributed by atoms with van der Waals surface area (Å²) < 4.78 is 6.25. The van der Waals surface area contributed by atoms with Gasteiger partial charge in [0.15, 0.2) is 0 Å². The summed E-state index contributed by atoms with van der Waals surface area (Å²) in [6.07, 6.45) is 9.33. The first-order valence-corrected chi connectivity index (χ1v) is 15.9. The van der Waals surface area contributed by atoms with E-state index in [1.54, 1.807) is 0 Å². The van der Waals surface area contributed by atoms with Crippen LogP contribution in [0.1, 0.15) is 113 Å². The van der Waals surface area contributed by atoms with E-state index in [2.05, 4.69) is 55.4 Å². The normalized spacial score (nSPS) is 34.5. The number of carbonyl (C=O) groups excluding carboxylic acids is 1. The number of rotatable bonds is 12. The first-order valence-electron chi connectivity index (χ1n) is 13.4. The van der Waals surface area contributed by atoms with Crippen LogP contribution < -0.4 is 0 Å². The topological polar surface area (TPSA) is 55.8 Å². The van der Waals surface area contributed by atoms with Crippen molar-refractivity contribution < 1.29 is 19.4 Å². The molecule has 0 saturated heterocycles. The van der Waals surface area contributed by atoms with E-state index in [1.807, 2.05) is 0 Å². The Hall–Kier alpha value is -0.233. The van der Waals surface area contributed by atoms with Gasteiger partial charge in [0.05, 0.1) is 11.2 Å². The molecule has 2 rings (SSSR count). The largest absolute Gasteiger partial charge is 0.389 e. The van der Waals surface area contributed by atoms with Crippen LogP contribution in [-0.2, 0) is 14.3 Å². The summed E-state index contributed by atoms with van der Waals surface area (Å²) in [5.74, 6) is 0.813. The number of hydrogen-bond acceptors (Lipinski definition) is 4. The van der Waals surface area contributed by atoms with Crippen molar-refractivity contribution in [2.75, 3.05) is 0 Å². The van der Waals surface area contributed by atoms with Crippen LogP contribution in [0.15, 0.2) is 0 Å². The molecule has 2 saturated carbocycles. The molecule has 0 spiro atoms.